The van der Waals surface area contributed by atoms with Crippen LogP contribution in [0.2, 0.25) is 0 Å². The Kier molecular flexibility index (Phi) is 5.70. The zero-order chi connectivity index (χ0) is 22.0. The Hall–Kier alpha value is -3.68. The van der Waals surface area contributed by atoms with Crippen LogP contribution in [0.1, 0.15) is 41.0 Å². The SMILES string of the molecule is Cc1cc(C)n(-c2ccc(NC(=O)C3CCCCN3C(=O)c3ccc[n+]([O-])c3)cc2)n1. The van der Waals surface area contributed by atoms with Gasteiger partial charge in [0, 0.05) is 24.0 Å². The molecular formula is C23H25N5O3. The number of carbonyl (C=O) groups excluding carboxylic acids is 2. The number of piperidine rings is 1. The average Bonchev–Trinajstić information content (AvgIpc) is 3.11. The van der Waals surface area contributed by atoms with Crippen molar-refractivity contribution in [3.8, 4) is 5.69 Å². The van der Waals surface area contributed by atoms with E-state index in [9.17, 15) is 14.8 Å². The fourth-order valence-electron chi connectivity index (χ4n) is 4.00. The summed E-state index contributed by atoms with van der Waals surface area (Å²) in [5.74, 6) is -0.525. The van der Waals surface area contributed by atoms with Gasteiger partial charge in [0.25, 0.3) is 5.91 Å². The number of likely N-dealkylation sites (tertiary alicyclic amines) is 1. The van der Waals surface area contributed by atoms with Gasteiger partial charge in [-0.3, -0.25) is 9.59 Å². The van der Waals surface area contributed by atoms with Gasteiger partial charge in [0.2, 0.25) is 5.91 Å². The average molecular weight is 419 g/mol. The number of pyridine rings is 1. The summed E-state index contributed by atoms with van der Waals surface area (Å²) < 4.78 is 2.45. The van der Waals surface area contributed by atoms with Gasteiger partial charge in [-0.15, -0.1) is 0 Å². The third kappa shape index (κ3) is 4.42. The van der Waals surface area contributed by atoms with Crippen molar-refractivity contribution in [3.05, 3.63) is 77.0 Å². The largest absolute Gasteiger partial charge is 0.619 e. The molecule has 4 rings (SSSR count). The number of hydrogen-bond donors (Lipinski definition) is 1. The van der Waals surface area contributed by atoms with Gasteiger partial charge in [-0.1, -0.05) is 0 Å². The molecule has 0 saturated carbocycles. The minimum atomic E-state index is -0.572. The predicted molar refractivity (Wildman–Crippen MR) is 116 cm³/mol. The highest BCUT2D eigenvalue weighted by Crippen LogP contribution is 2.22. The maximum atomic E-state index is 13.0. The van der Waals surface area contributed by atoms with E-state index in [0.717, 1.165) is 29.9 Å². The highest BCUT2D eigenvalue weighted by Gasteiger charge is 2.33. The van der Waals surface area contributed by atoms with E-state index in [1.165, 1.54) is 18.5 Å². The molecule has 3 heterocycles. The topological polar surface area (TPSA) is 94.2 Å². The Labute approximate surface area is 180 Å². The number of nitrogens with zero attached hydrogens (tertiary/aromatic N) is 4. The Balaban J connectivity index is 1.48. The second-order valence-electron chi connectivity index (χ2n) is 7.84. The van der Waals surface area contributed by atoms with Crippen LogP contribution in [0.5, 0.6) is 0 Å². The van der Waals surface area contributed by atoms with E-state index in [1.54, 1.807) is 11.0 Å². The summed E-state index contributed by atoms with van der Waals surface area (Å²) in [5.41, 5.74) is 3.83. The van der Waals surface area contributed by atoms with Crippen molar-refractivity contribution in [2.24, 2.45) is 0 Å². The molecular weight excluding hydrogens is 394 g/mol. The van der Waals surface area contributed by atoms with Crippen molar-refractivity contribution in [1.29, 1.82) is 0 Å². The number of nitrogens with one attached hydrogen (secondary N) is 1. The maximum absolute atomic E-state index is 13.0. The first-order valence-electron chi connectivity index (χ1n) is 10.4. The Bertz CT molecular complexity index is 1110. The molecule has 8 heteroatoms. The summed E-state index contributed by atoms with van der Waals surface area (Å²) in [4.78, 5) is 27.5. The molecule has 0 spiro atoms. The summed E-state index contributed by atoms with van der Waals surface area (Å²) in [5, 5.41) is 18.9. The summed E-state index contributed by atoms with van der Waals surface area (Å²) >= 11 is 0. The molecule has 0 radical (unpaired) electrons. The van der Waals surface area contributed by atoms with E-state index in [1.807, 2.05) is 48.9 Å². The third-order valence-corrected chi connectivity index (χ3v) is 5.48. The number of benzene rings is 1. The Morgan fingerprint density at radius 3 is 2.61 bits per heavy atom. The molecule has 2 amide bonds. The highest BCUT2D eigenvalue weighted by molar-refractivity contribution is 6.01. The van der Waals surface area contributed by atoms with Gasteiger partial charge < -0.3 is 15.4 Å². The first-order valence-corrected chi connectivity index (χ1v) is 10.4. The van der Waals surface area contributed by atoms with Crippen LogP contribution in [0, 0.1) is 19.1 Å². The van der Waals surface area contributed by atoms with Crippen molar-refractivity contribution >= 4 is 17.5 Å². The molecule has 1 aliphatic heterocycles. The van der Waals surface area contributed by atoms with Crippen LogP contribution in [0.25, 0.3) is 5.69 Å². The van der Waals surface area contributed by atoms with Gasteiger partial charge in [-0.2, -0.15) is 9.83 Å². The number of rotatable bonds is 4. The van der Waals surface area contributed by atoms with Crippen molar-refractivity contribution < 1.29 is 14.3 Å². The first-order chi connectivity index (χ1) is 14.9. The van der Waals surface area contributed by atoms with Crippen LogP contribution in [-0.4, -0.2) is 39.1 Å². The number of amides is 2. The molecule has 2 aromatic heterocycles. The number of carbonyl (C=O) groups is 2. The van der Waals surface area contributed by atoms with Crippen LogP contribution < -0.4 is 10.0 Å². The summed E-state index contributed by atoms with van der Waals surface area (Å²) in [6.07, 6.45) is 4.86. The van der Waals surface area contributed by atoms with Crippen LogP contribution in [0.15, 0.2) is 54.9 Å². The Morgan fingerprint density at radius 1 is 1.16 bits per heavy atom. The van der Waals surface area contributed by atoms with Gasteiger partial charge in [-0.25, -0.2) is 4.68 Å². The van der Waals surface area contributed by atoms with E-state index in [0.29, 0.717) is 23.4 Å². The van der Waals surface area contributed by atoms with Gasteiger partial charge in [-0.05, 0) is 69.5 Å². The fourth-order valence-corrected chi connectivity index (χ4v) is 4.00. The van der Waals surface area contributed by atoms with E-state index in [-0.39, 0.29) is 17.4 Å². The number of hydrogen-bond acceptors (Lipinski definition) is 4. The molecule has 0 aliphatic carbocycles. The van der Waals surface area contributed by atoms with Crippen LogP contribution in [0.3, 0.4) is 0 Å². The van der Waals surface area contributed by atoms with Gasteiger partial charge in [0.15, 0.2) is 12.4 Å². The lowest BCUT2D eigenvalue weighted by Crippen LogP contribution is -2.50. The van der Waals surface area contributed by atoms with Crippen molar-refractivity contribution in [3.63, 3.8) is 0 Å². The van der Waals surface area contributed by atoms with E-state index in [4.69, 9.17) is 0 Å². The van der Waals surface area contributed by atoms with Gasteiger partial charge >= 0.3 is 0 Å². The predicted octanol–water partition coefficient (Wildman–Crippen LogP) is 2.76. The zero-order valence-electron chi connectivity index (χ0n) is 17.6. The number of aromatic nitrogens is 3. The minimum Gasteiger partial charge on any atom is -0.619 e. The summed E-state index contributed by atoms with van der Waals surface area (Å²) in [6, 6.07) is 12.0. The van der Waals surface area contributed by atoms with E-state index < -0.39 is 6.04 Å². The smallest absolute Gasteiger partial charge is 0.260 e. The molecule has 3 aromatic rings. The molecule has 31 heavy (non-hydrogen) atoms. The van der Waals surface area contributed by atoms with Crippen LogP contribution in [-0.2, 0) is 4.79 Å². The number of anilines is 1. The fraction of sp³-hybridized carbons (Fsp3) is 0.304. The monoisotopic (exact) mass is 419 g/mol. The van der Waals surface area contributed by atoms with Crippen molar-refractivity contribution in [2.75, 3.05) is 11.9 Å². The van der Waals surface area contributed by atoms with E-state index in [2.05, 4.69) is 10.4 Å². The molecule has 1 N–H and O–H groups in total. The van der Waals surface area contributed by atoms with Crippen LogP contribution in [0.4, 0.5) is 5.69 Å². The standard InChI is InChI=1S/C23H25N5O3/c1-16-14-17(2)28(25-16)20-10-8-19(9-11-20)24-22(29)21-7-3-4-13-27(21)23(30)18-6-5-12-26(31)15-18/h5-6,8-12,14-15,21H,3-4,7,13H2,1-2H3,(H,24,29). The molecule has 1 saturated heterocycles. The molecule has 0 bridgehead atoms. The quantitative estimate of drug-likeness (QED) is 0.520. The van der Waals surface area contributed by atoms with Crippen molar-refractivity contribution in [1.82, 2.24) is 14.7 Å². The van der Waals surface area contributed by atoms with E-state index >= 15 is 0 Å². The highest BCUT2D eigenvalue weighted by atomic mass is 16.5. The minimum absolute atomic E-state index is 0.224. The third-order valence-electron chi connectivity index (χ3n) is 5.48. The lowest BCUT2D eigenvalue weighted by molar-refractivity contribution is -0.605. The normalized spacial score (nSPS) is 16.2. The molecule has 8 nitrogen and oxygen atoms in total. The van der Waals surface area contributed by atoms with Gasteiger partial charge in [0.05, 0.1) is 11.4 Å². The molecule has 1 unspecified atom stereocenters. The lowest BCUT2D eigenvalue weighted by atomic mass is 10.00. The molecule has 160 valence electrons. The maximum Gasteiger partial charge on any atom is 0.260 e. The second kappa shape index (κ2) is 8.59. The lowest BCUT2D eigenvalue weighted by Gasteiger charge is -2.34. The molecule has 1 aromatic carbocycles. The first kappa shape index (κ1) is 20.6. The molecule has 1 atom stereocenters. The summed E-state index contributed by atoms with van der Waals surface area (Å²) in [6.45, 7) is 4.42. The molecule has 1 fully saturated rings. The summed E-state index contributed by atoms with van der Waals surface area (Å²) in [7, 11) is 0. The second-order valence-corrected chi connectivity index (χ2v) is 7.84. The molecule has 1 aliphatic rings. The zero-order valence-corrected chi connectivity index (χ0v) is 17.6. The van der Waals surface area contributed by atoms with Gasteiger partial charge in [0.1, 0.15) is 11.6 Å². The van der Waals surface area contributed by atoms with Crippen LogP contribution >= 0.6 is 0 Å². The van der Waals surface area contributed by atoms with Crippen molar-refractivity contribution in [2.45, 2.75) is 39.2 Å². The Morgan fingerprint density at radius 2 is 1.94 bits per heavy atom. The number of aryl methyl sites for hydroxylation is 2.